The van der Waals surface area contributed by atoms with Gasteiger partial charge in [0.25, 0.3) is 5.69 Å². The topological polar surface area (TPSA) is 153 Å². The van der Waals surface area contributed by atoms with Crippen molar-refractivity contribution in [2.75, 3.05) is 5.01 Å². The summed E-state index contributed by atoms with van der Waals surface area (Å²) in [5.41, 5.74) is 2.18. The number of nitrogens with one attached hydrogen (secondary N) is 1. The summed E-state index contributed by atoms with van der Waals surface area (Å²) >= 11 is 0. The summed E-state index contributed by atoms with van der Waals surface area (Å²) in [6, 6.07) is 11.9. The van der Waals surface area contributed by atoms with Crippen molar-refractivity contribution in [3.63, 3.8) is 0 Å². The van der Waals surface area contributed by atoms with Crippen molar-refractivity contribution in [3.8, 4) is 0 Å². The molecule has 0 bridgehead atoms. The molecule has 2 aromatic carbocycles. The minimum absolute atomic E-state index is 0.0736. The molecule has 1 N–H and O–H groups in total. The number of para-hydroxylation sites is 1. The zero-order valence-electron chi connectivity index (χ0n) is 15.9. The first-order chi connectivity index (χ1) is 14.3. The van der Waals surface area contributed by atoms with Crippen LogP contribution >= 0.6 is 0 Å². The molecule has 1 aliphatic heterocycles. The Labute approximate surface area is 169 Å². The first kappa shape index (κ1) is 20.5. The third-order valence-corrected chi connectivity index (χ3v) is 4.08. The fourth-order valence-corrected chi connectivity index (χ4v) is 2.65. The van der Waals surface area contributed by atoms with Crippen LogP contribution in [0.2, 0.25) is 0 Å². The molecule has 12 nitrogen and oxygen atoms in total. The lowest BCUT2D eigenvalue weighted by atomic mass is 10.1. The summed E-state index contributed by atoms with van der Waals surface area (Å²) in [6.45, 7) is 3.53. The van der Waals surface area contributed by atoms with Gasteiger partial charge in [-0.15, -0.1) is 5.11 Å². The molecule has 0 aromatic heterocycles. The van der Waals surface area contributed by atoms with Crippen molar-refractivity contribution in [2.45, 2.75) is 13.8 Å². The number of nitro benzene ring substituents is 2. The lowest BCUT2D eigenvalue weighted by Gasteiger charge is -2.17. The van der Waals surface area contributed by atoms with Crippen LogP contribution in [-0.2, 0) is 9.63 Å². The normalized spacial score (nSPS) is 15.6. The lowest BCUT2D eigenvalue weighted by Crippen LogP contribution is -2.29. The summed E-state index contributed by atoms with van der Waals surface area (Å²) in [7, 11) is 0. The van der Waals surface area contributed by atoms with E-state index in [1.165, 1.54) is 5.01 Å². The summed E-state index contributed by atoms with van der Waals surface area (Å²) in [6.07, 6.45) is 0. The zero-order valence-corrected chi connectivity index (χ0v) is 15.9. The molecule has 0 radical (unpaired) electrons. The maximum absolute atomic E-state index is 12.3. The third-order valence-electron chi connectivity index (χ3n) is 4.08. The molecule has 30 heavy (non-hydrogen) atoms. The van der Waals surface area contributed by atoms with Gasteiger partial charge in [0.1, 0.15) is 0 Å². The van der Waals surface area contributed by atoms with E-state index in [9.17, 15) is 25.0 Å². The zero-order chi connectivity index (χ0) is 21.8. The second-order valence-electron chi connectivity index (χ2n) is 6.43. The SMILES string of the molecule is CC(C)/C(N=Nc1ccc([N+](=O)[O-])cc1[N+](=O)[O-])=C1/C(=O)ONN1c1ccccc1. The molecule has 154 valence electrons. The van der Waals surface area contributed by atoms with Crippen molar-refractivity contribution < 1.29 is 19.5 Å². The Balaban J connectivity index is 2.07. The van der Waals surface area contributed by atoms with Gasteiger partial charge < -0.3 is 4.84 Å². The average molecular weight is 412 g/mol. The third kappa shape index (κ3) is 4.12. The molecule has 0 unspecified atom stereocenters. The Morgan fingerprint density at radius 2 is 1.80 bits per heavy atom. The maximum atomic E-state index is 12.3. The monoisotopic (exact) mass is 412 g/mol. The van der Waals surface area contributed by atoms with Crippen LogP contribution in [0.25, 0.3) is 0 Å². The molecule has 0 spiro atoms. The minimum Gasteiger partial charge on any atom is -0.345 e. The molecular formula is C18H16N6O6. The summed E-state index contributed by atoms with van der Waals surface area (Å²) in [5, 5.41) is 31.5. The van der Waals surface area contributed by atoms with Crippen LogP contribution in [0.15, 0.2) is 70.2 Å². The quantitative estimate of drug-likeness (QED) is 0.324. The number of nitrogens with zero attached hydrogens (tertiary/aromatic N) is 5. The molecule has 1 heterocycles. The fourth-order valence-electron chi connectivity index (χ4n) is 2.65. The molecule has 0 atom stereocenters. The summed E-state index contributed by atoms with van der Waals surface area (Å²) < 4.78 is 0. The highest BCUT2D eigenvalue weighted by molar-refractivity contribution is 5.95. The molecule has 0 amide bonds. The predicted octanol–water partition coefficient (Wildman–Crippen LogP) is 3.94. The van der Waals surface area contributed by atoms with E-state index in [0.29, 0.717) is 5.69 Å². The van der Waals surface area contributed by atoms with Crippen LogP contribution in [-0.4, -0.2) is 15.8 Å². The van der Waals surface area contributed by atoms with E-state index >= 15 is 0 Å². The summed E-state index contributed by atoms with van der Waals surface area (Å²) in [4.78, 5) is 37.9. The van der Waals surface area contributed by atoms with Crippen molar-refractivity contribution in [1.29, 1.82) is 0 Å². The number of allylic oxidation sites excluding steroid dienone is 1. The molecule has 2 aromatic rings. The number of carbonyl (C=O) groups is 1. The smallest absolute Gasteiger partial charge is 0.345 e. The Morgan fingerprint density at radius 3 is 2.40 bits per heavy atom. The number of anilines is 1. The Kier molecular flexibility index (Phi) is 5.78. The number of rotatable bonds is 6. The fraction of sp³-hybridized carbons (Fsp3) is 0.167. The highest BCUT2D eigenvalue weighted by Gasteiger charge is 2.34. The van der Waals surface area contributed by atoms with Crippen molar-refractivity contribution in [3.05, 3.63) is 80.2 Å². The Bertz CT molecular complexity index is 1070. The van der Waals surface area contributed by atoms with Gasteiger partial charge in [0, 0.05) is 6.07 Å². The number of hydrogen-bond donors (Lipinski definition) is 1. The Morgan fingerprint density at radius 1 is 1.10 bits per heavy atom. The van der Waals surface area contributed by atoms with Gasteiger partial charge in [-0.1, -0.05) is 37.6 Å². The van der Waals surface area contributed by atoms with E-state index in [0.717, 1.165) is 18.2 Å². The second kappa shape index (κ2) is 8.45. The van der Waals surface area contributed by atoms with E-state index in [-0.39, 0.29) is 23.0 Å². The van der Waals surface area contributed by atoms with Gasteiger partial charge in [-0.25, -0.2) is 9.80 Å². The lowest BCUT2D eigenvalue weighted by molar-refractivity contribution is -0.393. The van der Waals surface area contributed by atoms with E-state index in [4.69, 9.17) is 4.84 Å². The van der Waals surface area contributed by atoms with E-state index < -0.39 is 27.2 Å². The Hall–Kier alpha value is -4.19. The van der Waals surface area contributed by atoms with Crippen LogP contribution in [0.4, 0.5) is 22.7 Å². The summed E-state index contributed by atoms with van der Waals surface area (Å²) in [5.74, 6) is -1.00. The minimum atomic E-state index is -0.787. The second-order valence-corrected chi connectivity index (χ2v) is 6.43. The van der Waals surface area contributed by atoms with Crippen LogP contribution in [0, 0.1) is 26.1 Å². The number of carbonyl (C=O) groups excluding carboxylic acids is 1. The standard InChI is InChI=1S/C18H16N6O6/c1-11(2)16(17-18(25)30-21-22(17)12-6-4-3-5-7-12)20-19-14-9-8-13(23(26)27)10-15(14)24(28)29/h3-11,21H,1-2H3/b17-16+,20-19?. The van der Waals surface area contributed by atoms with E-state index in [1.807, 2.05) is 6.07 Å². The molecule has 0 saturated carbocycles. The van der Waals surface area contributed by atoms with Gasteiger partial charge in [-0.05, 0) is 24.1 Å². The molecule has 1 aliphatic rings. The van der Waals surface area contributed by atoms with Crippen molar-refractivity contribution in [1.82, 2.24) is 5.59 Å². The van der Waals surface area contributed by atoms with Crippen LogP contribution in [0.1, 0.15) is 13.8 Å². The highest BCUT2D eigenvalue weighted by atomic mass is 16.7. The number of benzene rings is 2. The van der Waals surface area contributed by atoms with Gasteiger partial charge >= 0.3 is 11.7 Å². The molecule has 12 heteroatoms. The van der Waals surface area contributed by atoms with Gasteiger partial charge in [0.05, 0.1) is 27.3 Å². The predicted molar refractivity (Wildman–Crippen MR) is 104 cm³/mol. The van der Waals surface area contributed by atoms with E-state index in [2.05, 4.69) is 15.8 Å². The van der Waals surface area contributed by atoms with E-state index in [1.54, 1.807) is 38.1 Å². The van der Waals surface area contributed by atoms with Crippen LogP contribution in [0.5, 0.6) is 0 Å². The number of azo groups is 1. The van der Waals surface area contributed by atoms with Crippen LogP contribution < -0.4 is 10.6 Å². The first-order valence-electron chi connectivity index (χ1n) is 8.70. The number of hydrogen-bond acceptors (Lipinski definition) is 10. The maximum Gasteiger partial charge on any atom is 0.378 e. The number of non-ortho nitro benzene ring substituents is 1. The molecule has 1 fully saturated rings. The largest absolute Gasteiger partial charge is 0.378 e. The number of hydrazine groups is 1. The van der Waals surface area contributed by atoms with Crippen molar-refractivity contribution in [2.24, 2.45) is 16.1 Å². The van der Waals surface area contributed by atoms with Crippen molar-refractivity contribution >= 4 is 28.7 Å². The first-order valence-corrected chi connectivity index (χ1v) is 8.70. The van der Waals surface area contributed by atoms with Gasteiger partial charge in [-0.2, -0.15) is 5.11 Å². The average Bonchev–Trinajstić information content (AvgIpc) is 3.09. The molecular weight excluding hydrogens is 396 g/mol. The molecule has 1 saturated heterocycles. The molecule has 3 rings (SSSR count). The van der Waals surface area contributed by atoms with Crippen LogP contribution in [0.3, 0.4) is 0 Å². The number of nitro groups is 2. The van der Waals surface area contributed by atoms with Gasteiger partial charge in [0.15, 0.2) is 11.4 Å². The van der Waals surface area contributed by atoms with Gasteiger partial charge in [-0.3, -0.25) is 20.2 Å². The molecule has 0 aliphatic carbocycles. The van der Waals surface area contributed by atoms with Gasteiger partial charge in [0.2, 0.25) is 0 Å². The highest BCUT2D eigenvalue weighted by Crippen LogP contribution is 2.34.